The van der Waals surface area contributed by atoms with E-state index in [-0.39, 0.29) is 30.5 Å². The van der Waals surface area contributed by atoms with Crippen LogP contribution in [0.5, 0.6) is 0 Å². The van der Waals surface area contributed by atoms with Gasteiger partial charge in [0.1, 0.15) is 12.1 Å². The van der Waals surface area contributed by atoms with Gasteiger partial charge in [-0.3, -0.25) is 14.4 Å². The molecule has 0 bridgehead atoms. The highest BCUT2D eigenvalue weighted by atomic mass is 19.4. The molecule has 2 fully saturated rings. The Balaban J connectivity index is 1.57. The number of halogens is 3. The first-order chi connectivity index (χ1) is 14.7. The fourth-order valence-electron chi connectivity index (χ4n) is 4.05. The molecule has 164 valence electrons. The summed E-state index contributed by atoms with van der Waals surface area (Å²) < 4.78 is 42.0. The number of fused-ring (bicyclic) bond motifs is 1. The van der Waals surface area contributed by atoms with Crippen LogP contribution < -0.4 is 10.6 Å². The van der Waals surface area contributed by atoms with Crippen molar-refractivity contribution in [2.75, 3.05) is 6.54 Å². The van der Waals surface area contributed by atoms with Crippen LogP contribution in [0.25, 0.3) is 5.69 Å². The quantitative estimate of drug-likeness (QED) is 0.761. The highest BCUT2D eigenvalue weighted by Gasteiger charge is 2.47. The summed E-state index contributed by atoms with van der Waals surface area (Å²) >= 11 is 0. The zero-order chi connectivity index (χ0) is 22.3. The summed E-state index contributed by atoms with van der Waals surface area (Å²) in [5.74, 6) is -1.54. The molecule has 4 rings (SSSR count). The van der Waals surface area contributed by atoms with Crippen LogP contribution in [0.15, 0.2) is 36.5 Å². The molecular weight excluding hydrogens is 415 g/mol. The van der Waals surface area contributed by atoms with Crippen molar-refractivity contribution >= 4 is 17.7 Å². The fraction of sp³-hybridized carbons (Fsp3) is 0.400. The lowest BCUT2D eigenvalue weighted by atomic mass is 10.1. The number of carbonyl (C=O) groups excluding carboxylic acids is 3. The van der Waals surface area contributed by atoms with Crippen LogP contribution in [0, 0.1) is 0 Å². The normalized spacial score (nSPS) is 23.5. The molecule has 0 unspecified atom stereocenters. The second-order valence-corrected chi connectivity index (χ2v) is 7.53. The second kappa shape index (κ2) is 7.71. The number of hydrogen-bond acceptors (Lipinski definition) is 4. The molecule has 11 heteroatoms. The second-order valence-electron chi connectivity index (χ2n) is 7.53. The van der Waals surface area contributed by atoms with E-state index in [2.05, 4.69) is 15.7 Å². The maximum Gasteiger partial charge on any atom is 0.434 e. The van der Waals surface area contributed by atoms with E-state index >= 15 is 0 Å². The number of piperazine rings is 1. The molecule has 0 aliphatic carbocycles. The number of amides is 3. The predicted molar refractivity (Wildman–Crippen MR) is 102 cm³/mol. The Hall–Kier alpha value is -3.37. The zero-order valence-electron chi connectivity index (χ0n) is 16.5. The molecule has 8 nitrogen and oxygen atoms in total. The smallest absolute Gasteiger partial charge is 0.347 e. The van der Waals surface area contributed by atoms with Crippen LogP contribution in [0.4, 0.5) is 13.2 Å². The molecule has 2 aliphatic heterocycles. The number of benzene rings is 1. The maximum atomic E-state index is 13.8. The molecule has 3 amide bonds. The van der Waals surface area contributed by atoms with Crippen molar-refractivity contribution in [3.8, 4) is 5.69 Å². The topological polar surface area (TPSA) is 96.3 Å². The predicted octanol–water partition coefficient (Wildman–Crippen LogP) is 1.50. The number of hydrogen-bond donors (Lipinski definition) is 2. The molecule has 2 N–H and O–H groups in total. The van der Waals surface area contributed by atoms with Gasteiger partial charge >= 0.3 is 6.18 Å². The van der Waals surface area contributed by atoms with E-state index in [4.69, 9.17) is 0 Å². The Bertz CT molecular complexity index is 1020. The molecular formula is C20H20F3N5O3. The van der Waals surface area contributed by atoms with Crippen LogP contribution >= 0.6 is 0 Å². The third-order valence-corrected chi connectivity index (χ3v) is 5.53. The van der Waals surface area contributed by atoms with Crippen molar-refractivity contribution in [3.63, 3.8) is 0 Å². The van der Waals surface area contributed by atoms with Gasteiger partial charge in [0.05, 0.1) is 17.4 Å². The highest BCUT2D eigenvalue weighted by Crippen LogP contribution is 2.34. The van der Waals surface area contributed by atoms with Crippen molar-refractivity contribution < 1.29 is 27.6 Å². The van der Waals surface area contributed by atoms with Gasteiger partial charge in [-0.2, -0.15) is 18.3 Å². The van der Waals surface area contributed by atoms with Gasteiger partial charge in [0.15, 0.2) is 5.69 Å². The summed E-state index contributed by atoms with van der Waals surface area (Å²) in [5, 5.41) is 8.95. The minimum Gasteiger partial charge on any atom is -0.347 e. The van der Waals surface area contributed by atoms with E-state index < -0.39 is 41.5 Å². The Morgan fingerprint density at radius 3 is 2.61 bits per heavy atom. The Morgan fingerprint density at radius 2 is 1.97 bits per heavy atom. The largest absolute Gasteiger partial charge is 0.434 e. The molecule has 31 heavy (non-hydrogen) atoms. The number of aromatic nitrogens is 2. The van der Waals surface area contributed by atoms with Crippen LogP contribution in [0.2, 0.25) is 0 Å². The Kier molecular flexibility index (Phi) is 5.19. The number of alkyl halides is 3. The fourth-order valence-corrected chi connectivity index (χ4v) is 4.05. The molecule has 2 aliphatic rings. The Morgan fingerprint density at radius 1 is 1.26 bits per heavy atom. The van der Waals surface area contributed by atoms with Crippen molar-refractivity contribution in [2.45, 2.75) is 44.1 Å². The van der Waals surface area contributed by atoms with Gasteiger partial charge < -0.3 is 15.5 Å². The van der Waals surface area contributed by atoms with Crippen molar-refractivity contribution in [1.29, 1.82) is 0 Å². The zero-order valence-corrected chi connectivity index (χ0v) is 16.5. The van der Waals surface area contributed by atoms with Gasteiger partial charge in [-0.1, -0.05) is 25.1 Å². The number of carbonyl (C=O) groups is 3. The third-order valence-electron chi connectivity index (χ3n) is 5.53. The van der Waals surface area contributed by atoms with Crippen molar-refractivity contribution in [2.24, 2.45) is 0 Å². The first-order valence-corrected chi connectivity index (χ1v) is 9.83. The van der Waals surface area contributed by atoms with Gasteiger partial charge in [0, 0.05) is 12.6 Å². The lowest BCUT2D eigenvalue weighted by Gasteiger charge is -2.33. The van der Waals surface area contributed by atoms with Crippen molar-refractivity contribution in [1.82, 2.24) is 25.3 Å². The first-order valence-electron chi connectivity index (χ1n) is 9.83. The van der Waals surface area contributed by atoms with Gasteiger partial charge in [-0.05, 0) is 25.0 Å². The van der Waals surface area contributed by atoms with Crippen LogP contribution in [-0.4, -0.2) is 57.1 Å². The molecule has 1 aromatic carbocycles. The monoisotopic (exact) mass is 435 g/mol. The van der Waals surface area contributed by atoms with Gasteiger partial charge in [0.2, 0.25) is 11.8 Å². The first kappa shape index (κ1) is 20.9. The molecule has 0 spiro atoms. The number of nitrogens with zero attached hydrogens (tertiary/aromatic N) is 3. The average molecular weight is 435 g/mol. The molecule has 3 heterocycles. The maximum absolute atomic E-state index is 13.8. The average Bonchev–Trinajstić information content (AvgIpc) is 3.36. The summed E-state index contributed by atoms with van der Waals surface area (Å²) in [6.45, 7) is 1.83. The number of nitrogens with one attached hydrogen (secondary N) is 2. The minimum atomic E-state index is -4.82. The molecule has 2 saturated heterocycles. The number of rotatable bonds is 4. The molecule has 0 saturated carbocycles. The van der Waals surface area contributed by atoms with E-state index in [1.54, 1.807) is 25.1 Å². The minimum absolute atomic E-state index is 0.0628. The summed E-state index contributed by atoms with van der Waals surface area (Å²) in [7, 11) is 0. The van der Waals surface area contributed by atoms with E-state index in [9.17, 15) is 27.6 Å². The van der Waals surface area contributed by atoms with Crippen LogP contribution in [0.1, 0.15) is 35.8 Å². The Labute approximate surface area is 175 Å². The number of para-hydroxylation sites is 1. The third kappa shape index (κ3) is 3.75. The van der Waals surface area contributed by atoms with Gasteiger partial charge in [-0.15, -0.1) is 0 Å². The summed E-state index contributed by atoms with van der Waals surface area (Å²) in [4.78, 5) is 38.8. The standard InChI is InChI=1S/C20H20F3N5O3/c1-2-14-19(31)27-10-11(8-15(27)18(30)26-14)25-17(29)13-9-24-28(16(13)20(21,22)23)12-6-4-3-5-7-12/h3-7,9,11,14-15H,2,8,10H2,1H3,(H,25,29)(H,26,30)/t11-,14-,15-/m0/s1. The van der Waals surface area contributed by atoms with E-state index in [1.165, 1.54) is 17.0 Å². The van der Waals surface area contributed by atoms with E-state index in [0.29, 0.717) is 11.1 Å². The summed E-state index contributed by atoms with van der Waals surface area (Å²) in [6.07, 6.45) is -3.39. The van der Waals surface area contributed by atoms with E-state index in [0.717, 1.165) is 6.20 Å². The summed E-state index contributed by atoms with van der Waals surface area (Å²) in [5.41, 5.74) is -1.64. The van der Waals surface area contributed by atoms with Crippen LogP contribution in [-0.2, 0) is 15.8 Å². The van der Waals surface area contributed by atoms with Gasteiger partial charge in [-0.25, -0.2) is 4.68 Å². The van der Waals surface area contributed by atoms with Gasteiger partial charge in [0.25, 0.3) is 5.91 Å². The molecule has 3 atom stereocenters. The molecule has 2 aromatic rings. The van der Waals surface area contributed by atoms with E-state index in [1.807, 2.05) is 0 Å². The molecule has 1 aromatic heterocycles. The summed E-state index contributed by atoms with van der Waals surface area (Å²) in [6, 6.07) is 5.68. The lowest BCUT2D eigenvalue weighted by Crippen LogP contribution is -2.60. The SMILES string of the molecule is CC[C@@H]1NC(=O)[C@@H]2C[C@H](NC(=O)c3cnn(-c4ccccc4)c3C(F)(F)F)CN2C1=O. The van der Waals surface area contributed by atoms with Crippen molar-refractivity contribution in [3.05, 3.63) is 47.8 Å². The molecule has 0 radical (unpaired) electrons. The lowest BCUT2D eigenvalue weighted by molar-refractivity contribution is -0.147. The highest BCUT2D eigenvalue weighted by molar-refractivity contribution is 5.98. The van der Waals surface area contributed by atoms with Crippen LogP contribution in [0.3, 0.4) is 0 Å².